The number of anilines is 2. The van der Waals surface area contributed by atoms with E-state index in [-0.39, 0.29) is 40.7 Å². The second kappa shape index (κ2) is 5.83. The van der Waals surface area contributed by atoms with E-state index in [1.165, 1.54) is 0 Å². The van der Waals surface area contributed by atoms with E-state index < -0.39 is 19.5 Å². The maximum Gasteiger partial charge on any atom is 0.433 e. The average Bonchev–Trinajstić information content (AvgIpc) is 2.82. The molecule has 4 rings (SSSR count). The normalized spacial score (nSPS) is 35.0. The minimum atomic E-state index is -4.57. The molecule has 0 aromatic carbocycles. The van der Waals surface area contributed by atoms with E-state index in [1.54, 1.807) is 9.80 Å². The zero-order valence-electron chi connectivity index (χ0n) is 15.9. The molecular formula is C17H24F3N4O3P. The second-order valence-corrected chi connectivity index (χ2v) is 10.5. The third-order valence-electron chi connectivity index (χ3n) is 7.11. The van der Waals surface area contributed by atoms with Crippen molar-refractivity contribution >= 4 is 19.4 Å². The van der Waals surface area contributed by atoms with Gasteiger partial charge in [-0.15, -0.1) is 0 Å². The fraction of sp³-hybridized carbons (Fsp3) is 0.765. The number of aromatic nitrogens is 2. The Kier molecular flexibility index (Phi) is 4.15. The number of rotatable bonds is 4. The number of hydrogen-bond donors (Lipinski definition) is 2. The van der Waals surface area contributed by atoms with Crippen LogP contribution >= 0.6 is 7.60 Å². The van der Waals surface area contributed by atoms with E-state index in [9.17, 15) is 27.5 Å². The summed E-state index contributed by atoms with van der Waals surface area (Å²) >= 11 is 0. The second-order valence-electron chi connectivity index (χ2n) is 8.83. The van der Waals surface area contributed by atoms with Crippen LogP contribution in [0.3, 0.4) is 0 Å². The third kappa shape index (κ3) is 3.00. The van der Waals surface area contributed by atoms with Gasteiger partial charge in [0.1, 0.15) is 5.82 Å². The lowest BCUT2D eigenvalue weighted by molar-refractivity contribution is -0.141. The highest BCUT2D eigenvalue weighted by Crippen LogP contribution is 2.75. The molecule has 1 saturated carbocycles. The number of alkyl halides is 3. The molecule has 3 heterocycles. The van der Waals surface area contributed by atoms with Crippen molar-refractivity contribution < 1.29 is 27.5 Å². The lowest BCUT2D eigenvalue weighted by Crippen LogP contribution is -2.47. The van der Waals surface area contributed by atoms with Crippen LogP contribution in [0.2, 0.25) is 0 Å². The van der Waals surface area contributed by atoms with Crippen molar-refractivity contribution in [3.63, 3.8) is 0 Å². The Morgan fingerprint density at radius 1 is 1.25 bits per heavy atom. The van der Waals surface area contributed by atoms with Crippen LogP contribution in [0.25, 0.3) is 0 Å². The molecule has 0 radical (unpaired) electrons. The van der Waals surface area contributed by atoms with Crippen LogP contribution in [-0.2, 0) is 10.7 Å². The molecule has 156 valence electrons. The number of hydrogen-bond acceptors (Lipinski definition) is 5. The molecule has 2 unspecified atom stereocenters. The Bertz CT molecular complexity index is 845. The highest BCUT2D eigenvalue weighted by molar-refractivity contribution is 7.51. The first kappa shape index (κ1) is 19.9. The van der Waals surface area contributed by atoms with Gasteiger partial charge in [0.2, 0.25) is 5.95 Å². The summed E-state index contributed by atoms with van der Waals surface area (Å²) in [5, 5.41) is 0. The summed E-state index contributed by atoms with van der Waals surface area (Å²) in [6, 6.07) is 1.08. The minimum absolute atomic E-state index is 0.0891. The maximum absolute atomic E-state index is 13.4. The summed E-state index contributed by atoms with van der Waals surface area (Å²) in [5.74, 6) is 0.156. The Labute approximate surface area is 161 Å². The molecule has 11 heteroatoms. The molecule has 1 aromatic rings. The molecule has 0 spiro atoms. The summed E-state index contributed by atoms with van der Waals surface area (Å²) < 4.78 is 51.6. The molecule has 3 fully saturated rings. The molecule has 7 nitrogen and oxygen atoms in total. The van der Waals surface area contributed by atoms with E-state index in [4.69, 9.17) is 0 Å². The first-order valence-corrected chi connectivity index (χ1v) is 11.1. The van der Waals surface area contributed by atoms with Crippen molar-refractivity contribution in [2.75, 3.05) is 35.6 Å². The zero-order valence-corrected chi connectivity index (χ0v) is 16.8. The molecule has 0 amide bonds. The van der Waals surface area contributed by atoms with E-state index >= 15 is 0 Å². The van der Waals surface area contributed by atoms with Gasteiger partial charge < -0.3 is 19.6 Å². The van der Waals surface area contributed by atoms with Crippen LogP contribution in [0.4, 0.5) is 24.9 Å². The maximum atomic E-state index is 13.4. The Morgan fingerprint density at radius 3 is 2.29 bits per heavy atom. The molecule has 2 saturated heterocycles. The van der Waals surface area contributed by atoms with Crippen LogP contribution in [0.5, 0.6) is 0 Å². The molecule has 3 atom stereocenters. The molecule has 3 aliphatic rings. The van der Waals surface area contributed by atoms with Gasteiger partial charge in [0.25, 0.3) is 0 Å². The van der Waals surface area contributed by atoms with Gasteiger partial charge in [0.15, 0.2) is 5.69 Å². The Hall–Kier alpha value is -1.38. The van der Waals surface area contributed by atoms with Gasteiger partial charge in [-0.2, -0.15) is 18.2 Å². The predicted octanol–water partition coefficient (Wildman–Crippen LogP) is 2.73. The highest BCUT2D eigenvalue weighted by atomic mass is 31.2. The van der Waals surface area contributed by atoms with Gasteiger partial charge >= 0.3 is 13.8 Å². The van der Waals surface area contributed by atoms with E-state index in [0.29, 0.717) is 19.6 Å². The number of halogens is 3. The van der Waals surface area contributed by atoms with Crippen molar-refractivity contribution in [2.24, 2.45) is 16.7 Å². The fourth-order valence-electron chi connectivity index (χ4n) is 4.98. The van der Waals surface area contributed by atoms with Gasteiger partial charge in [-0.05, 0) is 30.1 Å². The van der Waals surface area contributed by atoms with Gasteiger partial charge in [0.05, 0.1) is 6.16 Å². The lowest BCUT2D eigenvalue weighted by atomic mass is 10.0. The minimum Gasteiger partial charge on any atom is -0.355 e. The SMILES string of the molecule is C[C@H]1CCN1c1nc(N2CC3(C)C(CP(=O)(O)O)C3(C)C2)cc(C(F)(F)F)n1. The summed E-state index contributed by atoms with van der Waals surface area (Å²) in [6.45, 7) is 7.26. The molecule has 28 heavy (non-hydrogen) atoms. The summed E-state index contributed by atoms with van der Waals surface area (Å²) in [7, 11) is -4.14. The molecule has 1 aromatic heterocycles. The van der Waals surface area contributed by atoms with E-state index in [0.717, 1.165) is 12.5 Å². The summed E-state index contributed by atoms with van der Waals surface area (Å²) in [6.07, 6.45) is -3.87. The van der Waals surface area contributed by atoms with Gasteiger partial charge in [-0.3, -0.25) is 4.57 Å². The average molecular weight is 420 g/mol. The smallest absolute Gasteiger partial charge is 0.355 e. The predicted molar refractivity (Wildman–Crippen MR) is 97.3 cm³/mol. The molecule has 2 aliphatic heterocycles. The quantitative estimate of drug-likeness (QED) is 0.724. The van der Waals surface area contributed by atoms with Crippen molar-refractivity contribution in [1.29, 1.82) is 0 Å². The fourth-order valence-corrected chi connectivity index (χ4v) is 6.26. The standard InChI is InChI=1S/C17H24F3N4O3P/c1-10-4-5-24(10)14-21-12(17(18,19)20)6-13(22-14)23-8-15(2)11(7-28(25,26)27)16(15,3)9-23/h6,10-11H,4-5,7-9H2,1-3H3,(H2,25,26,27)/t10-,11?,15?,16?/m0/s1. The Balaban J connectivity index is 1.62. The zero-order chi connectivity index (χ0) is 20.7. The number of fused-ring (bicyclic) bond motifs is 1. The van der Waals surface area contributed by atoms with Crippen LogP contribution in [0.1, 0.15) is 32.9 Å². The monoisotopic (exact) mass is 420 g/mol. The highest BCUT2D eigenvalue weighted by Gasteiger charge is 2.75. The van der Waals surface area contributed by atoms with Crippen molar-refractivity contribution in [1.82, 2.24) is 9.97 Å². The summed E-state index contributed by atoms with van der Waals surface area (Å²) in [4.78, 5) is 30.3. The van der Waals surface area contributed by atoms with Gasteiger partial charge in [0, 0.05) is 31.7 Å². The summed E-state index contributed by atoms with van der Waals surface area (Å²) in [5.41, 5.74) is -1.68. The first-order chi connectivity index (χ1) is 12.7. The molecular weight excluding hydrogens is 396 g/mol. The molecule has 0 bridgehead atoms. The van der Waals surface area contributed by atoms with Crippen LogP contribution in [-0.4, -0.2) is 51.6 Å². The molecule has 2 N–H and O–H groups in total. The van der Waals surface area contributed by atoms with E-state index in [2.05, 4.69) is 9.97 Å². The number of nitrogens with zero attached hydrogens (tertiary/aromatic N) is 4. The van der Waals surface area contributed by atoms with Crippen LogP contribution in [0.15, 0.2) is 6.07 Å². The van der Waals surface area contributed by atoms with Crippen molar-refractivity contribution in [3.8, 4) is 0 Å². The topological polar surface area (TPSA) is 89.8 Å². The Morgan fingerprint density at radius 2 is 1.86 bits per heavy atom. The van der Waals surface area contributed by atoms with Crippen LogP contribution in [0, 0.1) is 16.7 Å². The third-order valence-corrected chi connectivity index (χ3v) is 7.95. The van der Waals surface area contributed by atoms with Crippen LogP contribution < -0.4 is 9.80 Å². The van der Waals surface area contributed by atoms with Crippen molar-refractivity contribution in [3.05, 3.63) is 11.8 Å². The first-order valence-electron chi connectivity index (χ1n) is 9.27. The largest absolute Gasteiger partial charge is 0.433 e. The molecule has 1 aliphatic carbocycles. The van der Waals surface area contributed by atoms with Crippen molar-refractivity contribution in [2.45, 2.75) is 39.4 Å². The number of piperidine rings is 1. The lowest BCUT2D eigenvalue weighted by Gasteiger charge is -2.39. The van der Waals surface area contributed by atoms with Gasteiger partial charge in [-0.25, -0.2) is 4.98 Å². The van der Waals surface area contributed by atoms with E-state index in [1.807, 2.05) is 20.8 Å². The van der Waals surface area contributed by atoms with Gasteiger partial charge in [-0.1, -0.05) is 13.8 Å².